The average Bonchev–Trinajstić information content (AvgIpc) is 2.71. The molecular formula is C20H29N5O7. The van der Waals surface area contributed by atoms with Gasteiger partial charge in [0.05, 0.1) is 6.04 Å². The van der Waals surface area contributed by atoms with E-state index >= 15 is 0 Å². The number of nitrogens with two attached hydrogens (primary N) is 2. The number of carboxylic acid groups (broad SMARTS) is 1. The van der Waals surface area contributed by atoms with E-state index in [-0.39, 0.29) is 25.0 Å². The highest BCUT2D eigenvalue weighted by Crippen LogP contribution is 2.11. The maximum atomic E-state index is 12.5. The number of aromatic hydroxyl groups is 1. The molecular weight excluding hydrogens is 422 g/mol. The second-order valence-electron chi connectivity index (χ2n) is 7.36. The third-order valence-electron chi connectivity index (χ3n) is 4.47. The third-order valence-corrected chi connectivity index (χ3v) is 4.47. The molecule has 0 aliphatic rings. The summed E-state index contributed by atoms with van der Waals surface area (Å²) in [4.78, 5) is 59.4. The van der Waals surface area contributed by atoms with Gasteiger partial charge >= 0.3 is 5.97 Å². The zero-order valence-corrected chi connectivity index (χ0v) is 17.8. The Kier molecular flexibility index (Phi) is 10.1. The number of carbonyl (C=O) groups excluding carboxylic acids is 4. The SMILES string of the molecule is CC(N)C(=O)NC(CCC(N)=O)C(=O)NC(C)C(=O)NC(Cc1ccc(O)cc1)C(=O)O. The molecule has 0 saturated heterocycles. The Balaban J connectivity index is 2.78. The fourth-order valence-electron chi connectivity index (χ4n) is 2.60. The molecule has 1 aromatic rings. The van der Waals surface area contributed by atoms with Gasteiger partial charge < -0.3 is 37.6 Å². The van der Waals surface area contributed by atoms with Crippen LogP contribution < -0.4 is 27.4 Å². The van der Waals surface area contributed by atoms with Crippen LogP contribution in [-0.2, 0) is 30.4 Å². The maximum Gasteiger partial charge on any atom is 0.326 e. The molecule has 4 amide bonds. The lowest BCUT2D eigenvalue weighted by molar-refractivity contribution is -0.142. The van der Waals surface area contributed by atoms with Gasteiger partial charge in [0, 0.05) is 12.8 Å². The van der Waals surface area contributed by atoms with Crippen LogP contribution in [0.1, 0.15) is 32.3 Å². The van der Waals surface area contributed by atoms with Crippen molar-refractivity contribution in [3.63, 3.8) is 0 Å². The molecule has 12 heteroatoms. The molecule has 32 heavy (non-hydrogen) atoms. The van der Waals surface area contributed by atoms with Gasteiger partial charge in [0.25, 0.3) is 0 Å². The number of aliphatic carboxylic acids is 1. The molecule has 0 aromatic heterocycles. The molecule has 0 radical (unpaired) electrons. The maximum absolute atomic E-state index is 12.5. The summed E-state index contributed by atoms with van der Waals surface area (Å²) in [6.07, 6.45) is -0.341. The summed E-state index contributed by atoms with van der Waals surface area (Å²) in [5.74, 6) is -4.10. The van der Waals surface area contributed by atoms with Crippen LogP contribution in [0.2, 0.25) is 0 Å². The van der Waals surface area contributed by atoms with Gasteiger partial charge in [-0.2, -0.15) is 0 Å². The number of benzene rings is 1. The molecule has 0 spiro atoms. The summed E-state index contributed by atoms with van der Waals surface area (Å²) < 4.78 is 0. The zero-order chi connectivity index (χ0) is 24.4. The second-order valence-corrected chi connectivity index (χ2v) is 7.36. The van der Waals surface area contributed by atoms with Crippen LogP contribution >= 0.6 is 0 Å². The number of rotatable bonds is 12. The first-order valence-electron chi connectivity index (χ1n) is 9.86. The van der Waals surface area contributed by atoms with Gasteiger partial charge in [-0.05, 0) is 38.0 Å². The van der Waals surface area contributed by atoms with Gasteiger partial charge in [-0.3, -0.25) is 19.2 Å². The number of carboxylic acids is 1. The Labute approximate surface area is 184 Å². The van der Waals surface area contributed by atoms with E-state index < -0.39 is 53.8 Å². The summed E-state index contributed by atoms with van der Waals surface area (Å²) in [7, 11) is 0. The largest absolute Gasteiger partial charge is 0.508 e. The number of hydrogen-bond donors (Lipinski definition) is 7. The van der Waals surface area contributed by atoms with Gasteiger partial charge in [-0.25, -0.2) is 4.79 Å². The molecule has 12 nitrogen and oxygen atoms in total. The van der Waals surface area contributed by atoms with E-state index in [2.05, 4.69) is 16.0 Å². The van der Waals surface area contributed by atoms with Crippen molar-refractivity contribution in [2.45, 2.75) is 57.3 Å². The average molecular weight is 451 g/mol. The molecule has 0 fully saturated rings. The molecule has 1 aromatic carbocycles. The van der Waals surface area contributed by atoms with Crippen LogP contribution in [0.15, 0.2) is 24.3 Å². The Hall–Kier alpha value is -3.67. The minimum absolute atomic E-state index is 0.0167. The molecule has 0 bridgehead atoms. The van der Waals surface area contributed by atoms with Crippen molar-refractivity contribution < 1.29 is 34.2 Å². The summed E-state index contributed by atoms with van der Waals surface area (Å²) in [5.41, 5.74) is 11.1. The Morgan fingerprint density at radius 1 is 0.906 bits per heavy atom. The van der Waals surface area contributed by atoms with Crippen molar-refractivity contribution in [3.05, 3.63) is 29.8 Å². The molecule has 0 heterocycles. The van der Waals surface area contributed by atoms with E-state index in [4.69, 9.17) is 11.5 Å². The topological polar surface area (TPSA) is 214 Å². The molecule has 0 saturated carbocycles. The number of carbonyl (C=O) groups is 5. The van der Waals surface area contributed by atoms with Gasteiger partial charge in [-0.1, -0.05) is 12.1 Å². The van der Waals surface area contributed by atoms with Gasteiger partial charge in [0.15, 0.2) is 0 Å². The van der Waals surface area contributed by atoms with Crippen molar-refractivity contribution in [3.8, 4) is 5.75 Å². The van der Waals surface area contributed by atoms with Crippen molar-refractivity contribution in [2.24, 2.45) is 11.5 Å². The van der Waals surface area contributed by atoms with E-state index in [1.807, 2.05) is 0 Å². The highest BCUT2D eigenvalue weighted by Gasteiger charge is 2.28. The summed E-state index contributed by atoms with van der Waals surface area (Å²) in [5, 5.41) is 25.8. The monoisotopic (exact) mass is 451 g/mol. The van der Waals surface area contributed by atoms with E-state index in [1.165, 1.54) is 38.1 Å². The molecule has 4 unspecified atom stereocenters. The lowest BCUT2D eigenvalue weighted by Crippen LogP contribution is -2.56. The predicted octanol–water partition coefficient (Wildman–Crippen LogP) is -1.89. The van der Waals surface area contributed by atoms with E-state index in [0.29, 0.717) is 5.56 Å². The number of phenols is 1. The van der Waals surface area contributed by atoms with Crippen molar-refractivity contribution in [1.29, 1.82) is 0 Å². The Morgan fingerprint density at radius 3 is 1.97 bits per heavy atom. The van der Waals surface area contributed by atoms with Crippen molar-refractivity contribution in [2.75, 3.05) is 0 Å². The fraction of sp³-hybridized carbons (Fsp3) is 0.450. The second kappa shape index (κ2) is 12.2. The van der Waals surface area contributed by atoms with E-state index in [9.17, 15) is 34.2 Å². The number of primary amides is 1. The molecule has 9 N–H and O–H groups in total. The first kappa shape index (κ1) is 26.4. The molecule has 1 rings (SSSR count). The fourth-order valence-corrected chi connectivity index (χ4v) is 2.60. The number of hydrogen-bond acceptors (Lipinski definition) is 7. The van der Waals surface area contributed by atoms with Crippen molar-refractivity contribution >= 4 is 29.6 Å². The van der Waals surface area contributed by atoms with Gasteiger partial charge in [0.2, 0.25) is 23.6 Å². The standard InChI is InChI=1S/C20H29N5O7/c1-10(21)17(28)24-14(7-8-16(22)27)19(30)23-11(2)18(29)25-15(20(31)32)9-12-3-5-13(26)6-4-12/h3-6,10-11,14-15,26H,7-9,21H2,1-2H3,(H2,22,27)(H,23,30)(H,24,28)(H,25,29)(H,31,32). The van der Waals surface area contributed by atoms with Crippen LogP contribution in [0, 0.1) is 0 Å². The molecule has 0 aliphatic carbocycles. The first-order valence-corrected chi connectivity index (χ1v) is 9.86. The minimum Gasteiger partial charge on any atom is -0.508 e. The van der Waals surface area contributed by atoms with Crippen LogP contribution in [0.4, 0.5) is 0 Å². The van der Waals surface area contributed by atoms with Gasteiger partial charge in [0.1, 0.15) is 23.9 Å². The highest BCUT2D eigenvalue weighted by molar-refractivity contribution is 5.94. The highest BCUT2D eigenvalue weighted by atomic mass is 16.4. The first-order chi connectivity index (χ1) is 14.9. The van der Waals surface area contributed by atoms with E-state index in [0.717, 1.165) is 0 Å². The number of nitrogens with one attached hydrogen (secondary N) is 3. The summed E-state index contributed by atoms with van der Waals surface area (Å²) in [6, 6.07) is 1.32. The summed E-state index contributed by atoms with van der Waals surface area (Å²) >= 11 is 0. The Morgan fingerprint density at radius 2 is 1.47 bits per heavy atom. The van der Waals surface area contributed by atoms with Crippen LogP contribution in [0.3, 0.4) is 0 Å². The zero-order valence-electron chi connectivity index (χ0n) is 17.8. The van der Waals surface area contributed by atoms with Crippen LogP contribution in [0.5, 0.6) is 5.75 Å². The van der Waals surface area contributed by atoms with Crippen LogP contribution in [-0.4, -0.2) is 64.0 Å². The Bertz CT molecular complexity index is 841. The number of phenolic OH excluding ortho intramolecular Hbond substituents is 1. The lowest BCUT2D eigenvalue weighted by Gasteiger charge is -2.23. The van der Waals surface area contributed by atoms with Gasteiger partial charge in [-0.15, -0.1) is 0 Å². The predicted molar refractivity (Wildman–Crippen MR) is 113 cm³/mol. The number of amides is 4. The smallest absolute Gasteiger partial charge is 0.326 e. The summed E-state index contributed by atoms with van der Waals surface area (Å²) in [6.45, 7) is 2.75. The normalized spacial score (nSPS) is 14.3. The van der Waals surface area contributed by atoms with Crippen molar-refractivity contribution in [1.82, 2.24) is 16.0 Å². The molecule has 176 valence electrons. The quantitative estimate of drug-likeness (QED) is 0.190. The van der Waals surface area contributed by atoms with Crippen LogP contribution in [0.25, 0.3) is 0 Å². The minimum atomic E-state index is -1.28. The molecule has 4 atom stereocenters. The third kappa shape index (κ3) is 9.00. The molecule has 0 aliphatic heterocycles. The van der Waals surface area contributed by atoms with E-state index in [1.54, 1.807) is 0 Å². The lowest BCUT2D eigenvalue weighted by atomic mass is 10.1.